The lowest BCUT2D eigenvalue weighted by Crippen LogP contribution is -2.41. The predicted octanol–water partition coefficient (Wildman–Crippen LogP) is 1.92. The average molecular weight is 245 g/mol. The van der Waals surface area contributed by atoms with Crippen LogP contribution in [0.4, 0.5) is 4.79 Å². The summed E-state index contributed by atoms with van der Waals surface area (Å²) in [4.78, 5) is 13.4. The summed E-state index contributed by atoms with van der Waals surface area (Å²) < 4.78 is 5.31. The second-order valence-corrected chi connectivity index (χ2v) is 4.80. The molecule has 94 valence electrons. The molecule has 2 aliphatic heterocycles. The Bertz CT molecular complexity index is 506. The second kappa shape index (κ2) is 4.14. The number of amides is 1. The number of hydrogen-bond donors (Lipinski definition) is 1. The number of carbonyl (C=O) groups is 1. The molecule has 2 aliphatic rings. The van der Waals surface area contributed by atoms with E-state index in [1.807, 2.05) is 37.3 Å². The molecule has 0 bridgehead atoms. The van der Waals surface area contributed by atoms with E-state index in [-0.39, 0.29) is 12.1 Å². The first-order chi connectivity index (χ1) is 8.65. The number of cyclic esters (lactones) is 1. The predicted molar refractivity (Wildman–Crippen MR) is 66.8 cm³/mol. The molecule has 0 radical (unpaired) electrons. The molecule has 1 fully saturated rings. The minimum atomic E-state index is -0.488. The molecule has 1 N–H and O–H groups in total. The van der Waals surface area contributed by atoms with Crippen molar-refractivity contribution in [1.82, 2.24) is 4.90 Å². The first kappa shape index (κ1) is 11.3. The van der Waals surface area contributed by atoms with Crippen LogP contribution in [0.3, 0.4) is 0 Å². The van der Waals surface area contributed by atoms with Crippen LogP contribution in [0, 0.1) is 6.92 Å². The number of nitrogens with zero attached hydrogens (tertiary/aromatic N) is 1. The highest BCUT2D eigenvalue weighted by Crippen LogP contribution is 2.30. The summed E-state index contributed by atoms with van der Waals surface area (Å²) in [7, 11) is 0. The monoisotopic (exact) mass is 245 g/mol. The topological polar surface area (TPSA) is 49.8 Å². The third-order valence-corrected chi connectivity index (χ3v) is 3.51. The van der Waals surface area contributed by atoms with Gasteiger partial charge in [-0.05, 0) is 19.4 Å². The first-order valence-electron chi connectivity index (χ1n) is 6.10. The number of benzene rings is 1. The number of carbonyl (C=O) groups excluding carboxylic acids is 1. The van der Waals surface area contributed by atoms with Gasteiger partial charge in [0.15, 0.2) is 0 Å². The zero-order valence-corrected chi connectivity index (χ0v) is 10.2. The standard InChI is InChI=1S/C14H15NO3/c1-9-2-4-10(5-3-9)13-8-11-12(16)6-7-15(11)14(17)18-13/h2-5,8,11-12,16H,6-7H2,1H3/t11-,12-/m0/s1. The zero-order chi connectivity index (χ0) is 12.7. The number of aliphatic hydroxyl groups is 1. The molecular weight excluding hydrogens is 230 g/mol. The van der Waals surface area contributed by atoms with Crippen molar-refractivity contribution in [2.45, 2.75) is 25.5 Å². The fourth-order valence-electron chi connectivity index (χ4n) is 2.43. The number of ether oxygens (including phenoxy) is 1. The third kappa shape index (κ3) is 1.78. The van der Waals surface area contributed by atoms with Crippen molar-refractivity contribution in [1.29, 1.82) is 0 Å². The fourth-order valence-corrected chi connectivity index (χ4v) is 2.43. The van der Waals surface area contributed by atoms with Crippen molar-refractivity contribution >= 4 is 11.9 Å². The molecular formula is C14H15NO3. The van der Waals surface area contributed by atoms with Crippen LogP contribution in [0.5, 0.6) is 0 Å². The smallest absolute Gasteiger partial charge is 0.410 e. The first-order valence-corrected chi connectivity index (χ1v) is 6.10. The van der Waals surface area contributed by atoms with Crippen molar-refractivity contribution in [3.8, 4) is 0 Å². The number of aliphatic hydroxyl groups excluding tert-OH is 1. The molecule has 2 heterocycles. The van der Waals surface area contributed by atoms with Crippen LogP contribution in [0.15, 0.2) is 30.3 Å². The molecule has 1 saturated heterocycles. The summed E-state index contributed by atoms with van der Waals surface area (Å²) in [6, 6.07) is 7.54. The Morgan fingerprint density at radius 1 is 1.33 bits per heavy atom. The van der Waals surface area contributed by atoms with Gasteiger partial charge in [0.25, 0.3) is 0 Å². The van der Waals surface area contributed by atoms with Crippen molar-refractivity contribution in [3.63, 3.8) is 0 Å². The molecule has 0 unspecified atom stereocenters. The quantitative estimate of drug-likeness (QED) is 0.822. The summed E-state index contributed by atoms with van der Waals surface area (Å²) in [6.45, 7) is 2.57. The zero-order valence-electron chi connectivity index (χ0n) is 10.2. The molecule has 0 spiro atoms. The summed E-state index contributed by atoms with van der Waals surface area (Å²) in [6.07, 6.45) is 1.59. The van der Waals surface area contributed by atoms with Crippen LogP contribution in [0.1, 0.15) is 17.5 Å². The van der Waals surface area contributed by atoms with Gasteiger partial charge in [-0.25, -0.2) is 4.79 Å². The lowest BCUT2D eigenvalue weighted by atomic mass is 10.1. The van der Waals surface area contributed by atoms with Crippen LogP contribution in [-0.2, 0) is 4.74 Å². The number of fused-ring (bicyclic) bond motifs is 1. The molecule has 4 heteroatoms. The molecule has 1 aromatic rings. The molecule has 18 heavy (non-hydrogen) atoms. The minimum absolute atomic E-state index is 0.248. The largest absolute Gasteiger partial charge is 0.415 e. The molecule has 1 aromatic carbocycles. The van der Waals surface area contributed by atoms with Gasteiger partial charge in [-0.1, -0.05) is 29.8 Å². The summed E-state index contributed by atoms with van der Waals surface area (Å²) in [5, 5.41) is 9.86. The Morgan fingerprint density at radius 2 is 2.06 bits per heavy atom. The van der Waals surface area contributed by atoms with Gasteiger partial charge in [0.2, 0.25) is 0 Å². The molecule has 2 atom stereocenters. The van der Waals surface area contributed by atoms with Crippen LogP contribution < -0.4 is 0 Å². The highest BCUT2D eigenvalue weighted by atomic mass is 16.6. The lowest BCUT2D eigenvalue weighted by Gasteiger charge is -2.28. The van der Waals surface area contributed by atoms with E-state index in [1.54, 1.807) is 4.90 Å². The Kier molecular flexibility index (Phi) is 2.59. The highest BCUT2D eigenvalue weighted by Gasteiger charge is 2.39. The van der Waals surface area contributed by atoms with E-state index in [0.29, 0.717) is 18.7 Å². The van der Waals surface area contributed by atoms with Gasteiger partial charge in [-0.15, -0.1) is 0 Å². The molecule has 4 nitrogen and oxygen atoms in total. The number of hydrogen-bond acceptors (Lipinski definition) is 3. The highest BCUT2D eigenvalue weighted by molar-refractivity contribution is 5.80. The van der Waals surface area contributed by atoms with E-state index >= 15 is 0 Å². The summed E-state index contributed by atoms with van der Waals surface area (Å²) in [5.74, 6) is 0.544. The molecule has 3 rings (SSSR count). The Hall–Kier alpha value is -1.81. The number of aryl methyl sites for hydroxylation is 1. The van der Waals surface area contributed by atoms with E-state index in [0.717, 1.165) is 11.1 Å². The van der Waals surface area contributed by atoms with Crippen molar-refractivity contribution < 1.29 is 14.6 Å². The van der Waals surface area contributed by atoms with Crippen molar-refractivity contribution in [2.24, 2.45) is 0 Å². The third-order valence-electron chi connectivity index (χ3n) is 3.51. The van der Waals surface area contributed by atoms with Gasteiger partial charge >= 0.3 is 6.09 Å². The SMILES string of the molecule is Cc1ccc(C2=C[C@H]3[C@@H](O)CCN3C(=O)O2)cc1. The molecule has 0 aromatic heterocycles. The van der Waals surface area contributed by atoms with Crippen LogP contribution in [0.25, 0.3) is 5.76 Å². The molecule has 0 saturated carbocycles. The van der Waals surface area contributed by atoms with Crippen molar-refractivity contribution in [2.75, 3.05) is 6.54 Å². The van der Waals surface area contributed by atoms with Crippen LogP contribution in [0.2, 0.25) is 0 Å². The number of rotatable bonds is 1. The molecule has 0 aliphatic carbocycles. The van der Waals surface area contributed by atoms with Gasteiger partial charge in [-0.3, -0.25) is 4.90 Å². The maximum absolute atomic E-state index is 11.8. The Balaban J connectivity index is 1.95. The van der Waals surface area contributed by atoms with Gasteiger partial charge in [-0.2, -0.15) is 0 Å². The lowest BCUT2D eigenvalue weighted by molar-refractivity contribution is 0.107. The van der Waals surface area contributed by atoms with E-state index in [1.165, 1.54) is 0 Å². The van der Waals surface area contributed by atoms with Gasteiger partial charge < -0.3 is 9.84 Å². The molecule has 1 amide bonds. The van der Waals surface area contributed by atoms with Gasteiger partial charge in [0, 0.05) is 12.1 Å². The van der Waals surface area contributed by atoms with Crippen LogP contribution >= 0.6 is 0 Å². The maximum Gasteiger partial charge on any atom is 0.415 e. The maximum atomic E-state index is 11.8. The van der Waals surface area contributed by atoms with E-state index < -0.39 is 6.10 Å². The normalized spacial score (nSPS) is 26.7. The fraction of sp³-hybridized carbons (Fsp3) is 0.357. The van der Waals surface area contributed by atoms with Gasteiger partial charge in [0.05, 0.1) is 12.1 Å². The van der Waals surface area contributed by atoms with E-state index in [2.05, 4.69) is 0 Å². The van der Waals surface area contributed by atoms with E-state index in [9.17, 15) is 9.90 Å². The summed E-state index contributed by atoms with van der Waals surface area (Å²) in [5.41, 5.74) is 2.02. The van der Waals surface area contributed by atoms with Crippen molar-refractivity contribution in [3.05, 3.63) is 41.5 Å². The Morgan fingerprint density at radius 3 is 2.78 bits per heavy atom. The van der Waals surface area contributed by atoms with Gasteiger partial charge in [0.1, 0.15) is 5.76 Å². The van der Waals surface area contributed by atoms with Crippen LogP contribution in [-0.4, -0.2) is 34.8 Å². The Labute approximate surface area is 105 Å². The van der Waals surface area contributed by atoms with E-state index in [4.69, 9.17) is 4.74 Å². The summed E-state index contributed by atoms with van der Waals surface area (Å²) >= 11 is 0. The minimum Gasteiger partial charge on any atom is -0.410 e. The second-order valence-electron chi connectivity index (χ2n) is 4.80. The average Bonchev–Trinajstić information content (AvgIpc) is 2.73.